The van der Waals surface area contributed by atoms with E-state index in [9.17, 15) is 14.4 Å². The van der Waals surface area contributed by atoms with Gasteiger partial charge in [-0.1, -0.05) is 12.1 Å². The van der Waals surface area contributed by atoms with Crippen LogP contribution in [-0.4, -0.2) is 26.6 Å². The van der Waals surface area contributed by atoms with E-state index >= 15 is 0 Å². The van der Waals surface area contributed by atoms with E-state index in [0.717, 1.165) is 5.56 Å². The van der Waals surface area contributed by atoms with Crippen molar-refractivity contribution in [1.82, 2.24) is 9.78 Å². The molecule has 1 aromatic heterocycles. The molecule has 0 aliphatic rings. The van der Waals surface area contributed by atoms with Crippen LogP contribution in [0.4, 0.5) is 5.69 Å². The van der Waals surface area contributed by atoms with Crippen molar-refractivity contribution in [3.63, 3.8) is 0 Å². The zero-order valence-corrected chi connectivity index (χ0v) is 12.9. The first-order valence-corrected chi connectivity index (χ1v) is 7.07. The highest BCUT2D eigenvalue weighted by atomic mass is 16.4. The lowest BCUT2D eigenvalue weighted by molar-refractivity contribution is 0.0696. The second-order valence-corrected chi connectivity index (χ2v) is 5.09. The van der Waals surface area contributed by atoms with E-state index in [4.69, 9.17) is 10.8 Å². The number of aromatic nitrogens is 2. The summed E-state index contributed by atoms with van der Waals surface area (Å²) in [4.78, 5) is 34.7. The maximum absolute atomic E-state index is 12.0. The molecule has 0 saturated heterocycles. The van der Waals surface area contributed by atoms with Gasteiger partial charge in [0.1, 0.15) is 5.69 Å². The van der Waals surface area contributed by atoms with Gasteiger partial charge < -0.3 is 10.8 Å². The molecule has 0 bridgehead atoms. The highest BCUT2D eigenvalue weighted by molar-refractivity contribution is 6.00. The van der Waals surface area contributed by atoms with Gasteiger partial charge in [-0.25, -0.2) is 9.48 Å². The number of nitrogens with zero attached hydrogens (tertiary/aromatic N) is 2. The zero-order chi connectivity index (χ0) is 17.1. The Balaban J connectivity index is 2.50. The van der Waals surface area contributed by atoms with Crippen molar-refractivity contribution >= 4 is 17.4 Å². The first kappa shape index (κ1) is 16.4. The average molecular weight is 315 g/mol. The highest BCUT2D eigenvalue weighted by Crippen LogP contribution is 2.17. The number of hydrogen-bond donors (Lipinski definition) is 2. The molecule has 23 heavy (non-hydrogen) atoms. The molecule has 1 aromatic carbocycles. The maximum Gasteiger partial charge on any atom is 0.335 e. The van der Waals surface area contributed by atoms with Crippen molar-refractivity contribution in [2.24, 2.45) is 0 Å². The van der Waals surface area contributed by atoms with Gasteiger partial charge in [-0.3, -0.25) is 9.59 Å². The van der Waals surface area contributed by atoms with Crippen LogP contribution in [0.1, 0.15) is 45.8 Å². The Morgan fingerprint density at radius 3 is 2.35 bits per heavy atom. The minimum Gasteiger partial charge on any atom is -0.478 e. The Bertz CT molecular complexity index is 822. The minimum absolute atomic E-state index is 0.105. The summed E-state index contributed by atoms with van der Waals surface area (Å²) in [6.07, 6.45) is 0.277. The van der Waals surface area contributed by atoms with Gasteiger partial charge in [-0.2, -0.15) is 5.10 Å². The number of anilines is 1. The lowest BCUT2D eigenvalue weighted by Crippen LogP contribution is -2.29. The summed E-state index contributed by atoms with van der Waals surface area (Å²) in [5.41, 5.74) is 6.69. The Morgan fingerprint density at radius 1 is 1.26 bits per heavy atom. The summed E-state index contributed by atoms with van der Waals surface area (Å²) < 4.78 is 1.21. The highest BCUT2D eigenvalue weighted by Gasteiger charge is 2.18. The minimum atomic E-state index is -1.01. The summed E-state index contributed by atoms with van der Waals surface area (Å²) in [6.45, 7) is 3.43. The number of aromatic carboxylic acids is 1. The smallest absolute Gasteiger partial charge is 0.335 e. The van der Waals surface area contributed by atoms with Gasteiger partial charge in [0.2, 0.25) is 0 Å². The van der Waals surface area contributed by atoms with Crippen molar-refractivity contribution < 1.29 is 14.7 Å². The molecule has 2 rings (SSSR count). The van der Waals surface area contributed by atoms with E-state index in [1.54, 1.807) is 19.1 Å². The van der Waals surface area contributed by atoms with Gasteiger partial charge in [0.25, 0.3) is 5.56 Å². The van der Waals surface area contributed by atoms with Crippen LogP contribution in [0.2, 0.25) is 0 Å². The fourth-order valence-electron chi connectivity index (χ4n) is 2.33. The van der Waals surface area contributed by atoms with E-state index in [1.807, 2.05) is 0 Å². The van der Waals surface area contributed by atoms with E-state index in [1.165, 1.54) is 23.7 Å². The molecule has 7 nitrogen and oxygen atoms in total. The molecule has 0 aliphatic carbocycles. The van der Waals surface area contributed by atoms with Gasteiger partial charge in [0.15, 0.2) is 5.78 Å². The van der Waals surface area contributed by atoms with E-state index in [-0.39, 0.29) is 29.0 Å². The van der Waals surface area contributed by atoms with Crippen molar-refractivity contribution in [1.29, 1.82) is 0 Å². The Kier molecular flexibility index (Phi) is 4.59. The van der Waals surface area contributed by atoms with Gasteiger partial charge in [0.05, 0.1) is 16.8 Å². The number of Topliss-reactive ketones (excluding diaryl/α,β-unsaturated/α-hetero) is 1. The second-order valence-electron chi connectivity index (χ2n) is 5.09. The normalized spacial score (nSPS) is 10.5. The van der Waals surface area contributed by atoms with E-state index in [0.29, 0.717) is 12.2 Å². The average Bonchev–Trinajstić information content (AvgIpc) is 2.50. The quantitative estimate of drug-likeness (QED) is 0.804. The van der Waals surface area contributed by atoms with E-state index in [2.05, 4.69) is 5.10 Å². The molecule has 120 valence electrons. The molecule has 0 radical (unpaired) electrons. The van der Waals surface area contributed by atoms with Crippen LogP contribution in [0.25, 0.3) is 0 Å². The first-order chi connectivity index (χ1) is 10.8. The fraction of sp³-hybridized carbons (Fsp3) is 0.250. The van der Waals surface area contributed by atoms with Gasteiger partial charge in [-0.05, 0) is 31.5 Å². The number of carbonyl (C=O) groups excluding carboxylic acids is 1. The molecular formula is C16H17N3O4. The SMILES string of the molecule is CCn1nc(Cc2ccc(C(=O)O)cc2)c(C(C)=O)c(N)c1=O. The predicted octanol–water partition coefficient (Wildman–Crippen LogP) is 1.34. The number of hydrogen-bond acceptors (Lipinski definition) is 5. The monoisotopic (exact) mass is 315 g/mol. The second kappa shape index (κ2) is 6.43. The van der Waals surface area contributed by atoms with Crippen LogP contribution >= 0.6 is 0 Å². The molecule has 0 unspecified atom stereocenters. The van der Waals surface area contributed by atoms with E-state index < -0.39 is 11.5 Å². The third-order valence-corrected chi connectivity index (χ3v) is 3.49. The summed E-state index contributed by atoms with van der Waals surface area (Å²) in [7, 11) is 0. The number of carbonyl (C=O) groups is 2. The zero-order valence-electron chi connectivity index (χ0n) is 12.9. The lowest BCUT2D eigenvalue weighted by Gasteiger charge is -2.12. The Labute approximate surface area is 132 Å². The maximum atomic E-state index is 12.0. The van der Waals surface area contributed by atoms with Crippen LogP contribution in [-0.2, 0) is 13.0 Å². The first-order valence-electron chi connectivity index (χ1n) is 7.07. The van der Waals surface area contributed by atoms with Crippen LogP contribution in [0, 0.1) is 0 Å². The molecule has 3 N–H and O–H groups in total. The topological polar surface area (TPSA) is 115 Å². The summed E-state index contributed by atoms with van der Waals surface area (Å²) in [6, 6.07) is 6.24. The third kappa shape index (κ3) is 3.28. The third-order valence-electron chi connectivity index (χ3n) is 3.49. The van der Waals surface area contributed by atoms with Crippen LogP contribution in [0.15, 0.2) is 29.1 Å². The van der Waals surface area contributed by atoms with Gasteiger partial charge in [-0.15, -0.1) is 0 Å². The number of carboxylic acids is 1. The summed E-state index contributed by atoms with van der Waals surface area (Å²) in [5.74, 6) is -1.34. The Morgan fingerprint density at radius 2 is 1.87 bits per heavy atom. The molecule has 0 saturated carbocycles. The number of benzene rings is 1. The molecule has 0 aliphatic heterocycles. The van der Waals surface area contributed by atoms with Crippen molar-refractivity contribution in [3.8, 4) is 0 Å². The molecule has 0 amide bonds. The summed E-state index contributed by atoms with van der Waals surface area (Å²) in [5, 5.41) is 13.1. The molecule has 7 heteroatoms. The van der Waals surface area contributed by atoms with Crippen LogP contribution in [0.5, 0.6) is 0 Å². The summed E-state index contributed by atoms with van der Waals surface area (Å²) >= 11 is 0. The fourth-order valence-corrected chi connectivity index (χ4v) is 2.33. The number of rotatable bonds is 5. The molecule has 0 atom stereocenters. The van der Waals surface area contributed by atoms with Crippen molar-refractivity contribution in [2.45, 2.75) is 26.8 Å². The lowest BCUT2D eigenvalue weighted by atomic mass is 10.0. The van der Waals surface area contributed by atoms with Gasteiger partial charge >= 0.3 is 5.97 Å². The Hall–Kier alpha value is -2.96. The standard InChI is InChI=1S/C16H17N3O4/c1-3-19-15(21)14(17)13(9(2)20)12(18-19)8-10-4-6-11(7-5-10)16(22)23/h4-7H,3,8,17H2,1-2H3,(H,22,23). The molecule has 2 aromatic rings. The van der Waals surface area contributed by atoms with Crippen LogP contribution < -0.4 is 11.3 Å². The number of aryl methyl sites for hydroxylation is 1. The molecule has 0 fully saturated rings. The number of nitrogen functional groups attached to an aromatic ring is 1. The number of ketones is 1. The van der Waals surface area contributed by atoms with Gasteiger partial charge in [0, 0.05) is 13.0 Å². The van der Waals surface area contributed by atoms with Crippen LogP contribution in [0.3, 0.4) is 0 Å². The molecule has 0 spiro atoms. The number of carboxylic acid groups (broad SMARTS) is 1. The predicted molar refractivity (Wildman–Crippen MR) is 84.8 cm³/mol. The van der Waals surface area contributed by atoms with Crippen molar-refractivity contribution in [3.05, 3.63) is 57.0 Å². The number of nitrogens with two attached hydrogens (primary N) is 1. The van der Waals surface area contributed by atoms with Crippen molar-refractivity contribution in [2.75, 3.05) is 5.73 Å². The largest absolute Gasteiger partial charge is 0.478 e. The molecule has 1 heterocycles. The molecular weight excluding hydrogens is 298 g/mol.